The van der Waals surface area contributed by atoms with Gasteiger partial charge in [-0.3, -0.25) is 47.9 Å². The number of esters is 1. The van der Waals surface area contributed by atoms with E-state index in [0.29, 0.717) is 11.3 Å². The van der Waals surface area contributed by atoms with Crippen molar-refractivity contribution >= 4 is 59.3 Å². The zero-order valence-corrected chi connectivity index (χ0v) is 42.7. The smallest absolute Gasteiger partial charge is 0.306 e. The maximum atomic E-state index is 15.4. The zero-order valence-electron chi connectivity index (χ0n) is 42.7. The highest BCUT2D eigenvalue weighted by molar-refractivity contribution is 5.96. The van der Waals surface area contributed by atoms with E-state index >= 15 is 4.39 Å². The minimum atomic E-state index is -1.88. The molecule has 0 aliphatic heterocycles. The predicted octanol–water partition coefficient (Wildman–Crippen LogP) is 2.06. The van der Waals surface area contributed by atoms with Crippen LogP contribution in [0.25, 0.3) is 11.1 Å². The van der Waals surface area contributed by atoms with Crippen molar-refractivity contribution in [3.8, 4) is 11.1 Å². The standard InChI is InChI=1S/C53H64F2N8O14/c1-53(2,3)49(41-22-35(37-25-36(54)14-15-38(37)55)29-62(41)28-32-10-6-4-7-11-32)63(45(68)30-64)21-18-39(51(75)58-20-19-57-44(67)27-59-43(66)16-17-46(69)70)60-52(76)40(26-42(56)65)61-50(74)34(23-47(71)72)24-48(73)77-31-33-12-8-5-9-13-33/h4-15,22,25,29,34,39-40,49,64H,16-21,23-24,26-28,30-31H2,1-3H3,(H2,56,65)(H,57,67)(H,58,75)(H,59,66)(H,60,76)(H,61,74)(H,69,70)(H,71,72)/t34-,39+,40+,49+/m1/s1. The molecule has 0 unspecified atom stereocenters. The first-order valence-corrected chi connectivity index (χ1v) is 24.4. The lowest BCUT2D eigenvalue weighted by Gasteiger charge is -2.41. The number of hydrogen-bond donors (Lipinski definition) is 9. The number of benzene rings is 3. The van der Waals surface area contributed by atoms with E-state index in [-0.39, 0.29) is 43.8 Å². The Labute approximate surface area is 442 Å². The van der Waals surface area contributed by atoms with Gasteiger partial charge in [0.15, 0.2) is 0 Å². The summed E-state index contributed by atoms with van der Waals surface area (Å²) in [6, 6.07) is 17.5. The SMILES string of the molecule is CC(C)(C)[C@H](c1cc(-c2cc(F)ccc2F)cn1Cc1ccccc1)N(CC[C@H](NC(=O)[C@H](CC(N)=O)NC(=O)[C@H](CC(=O)O)CC(=O)OCc1ccccc1)C(=O)NCCNC(=O)CNC(=O)CCC(=O)O)C(=O)CO. The molecule has 1 heterocycles. The maximum Gasteiger partial charge on any atom is 0.306 e. The van der Waals surface area contributed by atoms with E-state index in [2.05, 4.69) is 26.6 Å². The third-order valence-electron chi connectivity index (χ3n) is 11.8. The van der Waals surface area contributed by atoms with Crippen LogP contribution in [0.3, 0.4) is 0 Å². The minimum absolute atomic E-state index is 0.0863. The number of halogens is 2. The number of nitrogens with zero attached hydrogens (tertiary/aromatic N) is 2. The summed E-state index contributed by atoms with van der Waals surface area (Å²) in [4.78, 5) is 130. The summed E-state index contributed by atoms with van der Waals surface area (Å²) in [7, 11) is 0. The minimum Gasteiger partial charge on any atom is -0.481 e. The van der Waals surface area contributed by atoms with E-state index < -0.39 is 152 Å². The molecule has 0 radical (unpaired) electrons. The van der Waals surface area contributed by atoms with Gasteiger partial charge >= 0.3 is 17.9 Å². The van der Waals surface area contributed by atoms with E-state index in [1.807, 2.05) is 12.1 Å². The summed E-state index contributed by atoms with van der Waals surface area (Å²) in [5, 5.41) is 40.9. The van der Waals surface area contributed by atoms with Crippen molar-refractivity contribution in [2.45, 2.75) is 90.6 Å². The number of rotatable bonds is 30. The molecule has 22 nitrogen and oxygen atoms in total. The van der Waals surface area contributed by atoms with E-state index in [0.717, 1.165) is 23.8 Å². The number of aromatic nitrogens is 1. The van der Waals surface area contributed by atoms with Crippen LogP contribution >= 0.6 is 0 Å². The lowest BCUT2D eigenvalue weighted by molar-refractivity contribution is -0.150. The first kappa shape index (κ1) is 61.0. The van der Waals surface area contributed by atoms with Crippen LogP contribution in [0.1, 0.15) is 82.2 Å². The highest BCUT2D eigenvalue weighted by Crippen LogP contribution is 2.41. The van der Waals surface area contributed by atoms with Gasteiger partial charge in [-0.2, -0.15) is 0 Å². The van der Waals surface area contributed by atoms with Gasteiger partial charge in [-0.1, -0.05) is 81.4 Å². The highest BCUT2D eigenvalue weighted by atomic mass is 19.1. The Morgan fingerprint density at radius 3 is 1.96 bits per heavy atom. The first-order valence-electron chi connectivity index (χ1n) is 24.4. The van der Waals surface area contributed by atoms with Gasteiger partial charge in [-0.25, -0.2) is 8.78 Å². The average molecular weight is 1080 g/mol. The molecule has 1 aromatic heterocycles. The Bertz CT molecular complexity index is 2730. The molecule has 0 saturated heterocycles. The molecule has 24 heteroatoms. The Morgan fingerprint density at radius 1 is 0.714 bits per heavy atom. The van der Waals surface area contributed by atoms with Crippen molar-refractivity contribution in [2.24, 2.45) is 17.1 Å². The van der Waals surface area contributed by atoms with E-state index in [1.54, 1.807) is 86.1 Å². The van der Waals surface area contributed by atoms with Crippen molar-refractivity contribution in [1.29, 1.82) is 0 Å². The number of aliphatic hydroxyl groups is 1. The van der Waals surface area contributed by atoms with Crippen molar-refractivity contribution in [3.05, 3.63) is 120 Å². The normalized spacial score (nSPS) is 12.6. The molecular formula is C53H64F2N8O14. The number of aliphatic hydroxyl groups excluding tert-OH is 1. The third-order valence-corrected chi connectivity index (χ3v) is 11.8. The molecule has 4 aromatic rings. The van der Waals surface area contributed by atoms with Crippen LogP contribution in [0.2, 0.25) is 0 Å². The maximum absolute atomic E-state index is 15.4. The number of aliphatic carboxylic acids is 2. The van der Waals surface area contributed by atoms with Gasteiger partial charge < -0.3 is 61.8 Å². The van der Waals surface area contributed by atoms with Crippen LogP contribution in [-0.2, 0) is 65.8 Å². The number of carbonyl (C=O) groups is 10. The Morgan fingerprint density at radius 2 is 1.35 bits per heavy atom. The summed E-state index contributed by atoms with van der Waals surface area (Å²) in [5.74, 6) is -13.4. The second-order valence-corrected chi connectivity index (χ2v) is 18.9. The number of carboxylic acids is 2. The number of amides is 7. The van der Waals surface area contributed by atoms with Gasteiger partial charge in [0.1, 0.15) is 36.9 Å². The molecule has 0 spiro atoms. The van der Waals surface area contributed by atoms with E-state index in [9.17, 15) is 62.5 Å². The first-order chi connectivity index (χ1) is 36.4. The number of carbonyl (C=O) groups excluding carboxylic acids is 8. The quantitative estimate of drug-likeness (QED) is 0.0267. The second-order valence-electron chi connectivity index (χ2n) is 18.9. The topological polar surface area (TPSA) is 335 Å². The molecule has 0 aliphatic rings. The van der Waals surface area contributed by atoms with Crippen molar-refractivity contribution in [3.63, 3.8) is 0 Å². The Hall–Kier alpha value is -8.54. The predicted molar refractivity (Wildman–Crippen MR) is 271 cm³/mol. The molecule has 10 N–H and O–H groups in total. The molecule has 7 amide bonds. The van der Waals surface area contributed by atoms with Crippen molar-refractivity contribution < 1.29 is 76.8 Å². The fraction of sp³-hybridized carbons (Fsp3) is 0.396. The molecule has 4 rings (SSSR count). The van der Waals surface area contributed by atoms with Gasteiger partial charge in [-0.15, -0.1) is 0 Å². The molecule has 4 atom stereocenters. The Balaban J connectivity index is 1.68. The van der Waals surface area contributed by atoms with Crippen LogP contribution in [-0.4, -0.2) is 129 Å². The fourth-order valence-corrected chi connectivity index (χ4v) is 8.14. The summed E-state index contributed by atoms with van der Waals surface area (Å²) < 4.78 is 37.0. The van der Waals surface area contributed by atoms with Crippen LogP contribution in [0.4, 0.5) is 8.78 Å². The van der Waals surface area contributed by atoms with Gasteiger partial charge in [-0.05, 0) is 47.2 Å². The third kappa shape index (κ3) is 20.3. The monoisotopic (exact) mass is 1070 g/mol. The van der Waals surface area contributed by atoms with E-state index in [1.165, 1.54) is 4.90 Å². The molecule has 0 aliphatic carbocycles. The van der Waals surface area contributed by atoms with Crippen LogP contribution in [0, 0.1) is 23.0 Å². The summed E-state index contributed by atoms with van der Waals surface area (Å²) in [5.41, 5.74) is 6.49. The number of carboxylic acid groups (broad SMARTS) is 2. The van der Waals surface area contributed by atoms with Crippen molar-refractivity contribution in [2.75, 3.05) is 32.8 Å². The number of primary amides is 1. The summed E-state index contributed by atoms with van der Waals surface area (Å²) >= 11 is 0. The van der Waals surface area contributed by atoms with E-state index in [4.69, 9.17) is 15.6 Å². The van der Waals surface area contributed by atoms with Gasteiger partial charge in [0.2, 0.25) is 41.4 Å². The Kier molecular flexibility index (Phi) is 23.4. The second kappa shape index (κ2) is 29.5. The number of hydrogen-bond acceptors (Lipinski definition) is 12. The van der Waals surface area contributed by atoms with Gasteiger partial charge in [0, 0.05) is 55.6 Å². The zero-order chi connectivity index (χ0) is 56.8. The molecule has 0 bridgehead atoms. The molecule has 414 valence electrons. The van der Waals surface area contributed by atoms with Gasteiger partial charge in [0.05, 0.1) is 44.2 Å². The molecule has 0 fully saturated rings. The lowest BCUT2D eigenvalue weighted by Crippen LogP contribution is -2.56. The largest absolute Gasteiger partial charge is 0.481 e. The summed E-state index contributed by atoms with van der Waals surface area (Å²) in [6.45, 7) is 2.74. The summed E-state index contributed by atoms with van der Waals surface area (Å²) in [6.07, 6.45) is -2.27. The van der Waals surface area contributed by atoms with Crippen LogP contribution in [0.15, 0.2) is 91.1 Å². The number of nitrogens with one attached hydrogen (secondary N) is 5. The fourth-order valence-electron chi connectivity index (χ4n) is 8.14. The molecular weight excluding hydrogens is 1010 g/mol. The molecule has 3 aromatic carbocycles. The number of ether oxygens (including phenoxy) is 1. The average Bonchev–Trinajstić information content (AvgIpc) is 3.78. The number of nitrogens with two attached hydrogens (primary N) is 1. The van der Waals surface area contributed by atoms with Crippen LogP contribution < -0.4 is 32.3 Å². The molecule has 0 saturated carbocycles. The van der Waals surface area contributed by atoms with Crippen molar-refractivity contribution in [1.82, 2.24) is 36.1 Å². The highest BCUT2D eigenvalue weighted by Gasteiger charge is 2.39. The van der Waals surface area contributed by atoms with Crippen LogP contribution in [0.5, 0.6) is 0 Å². The molecule has 77 heavy (non-hydrogen) atoms. The lowest BCUT2D eigenvalue weighted by atomic mass is 9.82. The van der Waals surface area contributed by atoms with Gasteiger partial charge in [0.25, 0.3) is 0 Å².